The molecular weight excluding hydrogens is 445 g/mol. The van der Waals surface area contributed by atoms with Gasteiger partial charge in [-0.05, 0) is 69.6 Å². The first-order valence-corrected chi connectivity index (χ1v) is 12.3. The molecule has 6 rings (SSSR count). The maximum absolute atomic E-state index is 13.2. The van der Waals surface area contributed by atoms with Crippen LogP contribution in [0.1, 0.15) is 43.6 Å². The van der Waals surface area contributed by atoms with Gasteiger partial charge in [0.2, 0.25) is 0 Å². The molecule has 5 heteroatoms. The molecule has 4 aromatic carbocycles. The minimum Gasteiger partial charge on any atom is -0.399 e. The van der Waals surface area contributed by atoms with E-state index in [0.717, 1.165) is 22.2 Å². The summed E-state index contributed by atoms with van der Waals surface area (Å²) in [4.78, 5) is 13.2. The Balaban J connectivity index is 1.28. The Morgan fingerprint density at radius 1 is 0.639 bits per heavy atom. The SMILES string of the molecule is CC1(C)OB(c2ccc(C(=O)c3ccc(-n4c5ccccc5c5ccccc54)cc3)cc2)OC1(C)C. The standard InChI is InChI=1S/C31H28BNO3/c1-30(2)31(3,4)36-32(35-30)23-17-13-21(14-18-23)29(34)22-15-19-24(20-16-22)33-27-11-7-5-9-25(27)26-10-6-8-12-28(26)33/h5-20H,1-4H3. The van der Waals surface area contributed by atoms with Crippen LogP contribution in [-0.4, -0.2) is 28.7 Å². The molecule has 0 saturated carbocycles. The zero-order chi connectivity index (χ0) is 25.1. The second-order valence-corrected chi connectivity index (χ2v) is 10.5. The number of carbonyl (C=O) groups excluding carboxylic acids is 1. The smallest absolute Gasteiger partial charge is 0.399 e. The lowest BCUT2D eigenvalue weighted by Gasteiger charge is -2.32. The van der Waals surface area contributed by atoms with Gasteiger partial charge in [-0.2, -0.15) is 0 Å². The molecular formula is C31H28BNO3. The van der Waals surface area contributed by atoms with Crippen LogP contribution in [0.4, 0.5) is 0 Å². The van der Waals surface area contributed by atoms with Crippen LogP contribution in [0.5, 0.6) is 0 Å². The molecule has 4 nitrogen and oxygen atoms in total. The largest absolute Gasteiger partial charge is 0.494 e. The number of nitrogens with zero attached hydrogens (tertiary/aromatic N) is 1. The molecule has 0 atom stereocenters. The summed E-state index contributed by atoms with van der Waals surface area (Å²) in [5.74, 6) is -0.00996. The molecule has 0 unspecified atom stereocenters. The summed E-state index contributed by atoms with van der Waals surface area (Å²) >= 11 is 0. The highest BCUT2D eigenvalue weighted by molar-refractivity contribution is 6.62. The van der Waals surface area contributed by atoms with E-state index in [0.29, 0.717) is 11.1 Å². The zero-order valence-electron chi connectivity index (χ0n) is 21.0. The number of rotatable bonds is 4. The van der Waals surface area contributed by atoms with E-state index in [1.807, 2.05) is 76.2 Å². The van der Waals surface area contributed by atoms with E-state index in [-0.39, 0.29) is 5.78 Å². The fourth-order valence-corrected chi connectivity index (χ4v) is 4.90. The summed E-state index contributed by atoms with van der Waals surface area (Å²) in [6, 6.07) is 32.2. The molecule has 1 saturated heterocycles. The normalized spacial score (nSPS) is 16.6. The van der Waals surface area contributed by atoms with Gasteiger partial charge in [-0.15, -0.1) is 0 Å². The van der Waals surface area contributed by atoms with E-state index in [1.165, 1.54) is 10.8 Å². The molecule has 0 aliphatic carbocycles. The third-order valence-electron chi connectivity index (χ3n) is 7.67. The molecule has 178 valence electrons. The molecule has 2 heterocycles. The summed E-state index contributed by atoms with van der Waals surface area (Å²) in [6.07, 6.45) is 0. The van der Waals surface area contributed by atoms with Gasteiger partial charge < -0.3 is 13.9 Å². The number of fused-ring (bicyclic) bond motifs is 3. The molecule has 0 bridgehead atoms. The summed E-state index contributed by atoms with van der Waals surface area (Å²) in [5, 5.41) is 2.44. The summed E-state index contributed by atoms with van der Waals surface area (Å²) < 4.78 is 14.5. The summed E-state index contributed by atoms with van der Waals surface area (Å²) in [5.41, 5.74) is 4.73. The van der Waals surface area contributed by atoms with Gasteiger partial charge >= 0.3 is 7.12 Å². The highest BCUT2D eigenvalue weighted by Crippen LogP contribution is 2.36. The lowest BCUT2D eigenvalue weighted by molar-refractivity contribution is 0.00578. The van der Waals surface area contributed by atoms with Crippen LogP contribution >= 0.6 is 0 Å². The van der Waals surface area contributed by atoms with Crippen LogP contribution < -0.4 is 5.46 Å². The Kier molecular flexibility index (Phi) is 5.18. The Hall–Kier alpha value is -3.67. The quantitative estimate of drug-likeness (QED) is 0.227. The monoisotopic (exact) mass is 473 g/mol. The molecule has 1 aromatic heterocycles. The number of aromatic nitrogens is 1. The molecule has 1 aliphatic heterocycles. The zero-order valence-corrected chi connectivity index (χ0v) is 21.0. The van der Waals surface area contributed by atoms with E-state index in [4.69, 9.17) is 9.31 Å². The number of hydrogen-bond acceptors (Lipinski definition) is 3. The molecule has 5 aromatic rings. The fourth-order valence-electron chi connectivity index (χ4n) is 4.90. The number of hydrogen-bond donors (Lipinski definition) is 0. The van der Waals surface area contributed by atoms with Crippen molar-refractivity contribution in [3.63, 3.8) is 0 Å². The van der Waals surface area contributed by atoms with Crippen molar-refractivity contribution in [2.75, 3.05) is 0 Å². The first-order chi connectivity index (χ1) is 17.2. The molecule has 0 N–H and O–H groups in total. The van der Waals surface area contributed by atoms with Gasteiger partial charge in [0, 0.05) is 27.6 Å². The second kappa shape index (κ2) is 8.19. The minimum atomic E-state index is -0.440. The van der Waals surface area contributed by atoms with Gasteiger partial charge in [0.25, 0.3) is 0 Å². The Bertz CT molecular complexity index is 1530. The van der Waals surface area contributed by atoms with Gasteiger partial charge in [-0.25, -0.2) is 0 Å². The third kappa shape index (κ3) is 3.58. The predicted molar refractivity (Wildman–Crippen MR) is 146 cm³/mol. The lowest BCUT2D eigenvalue weighted by atomic mass is 9.78. The Labute approximate surface area is 211 Å². The van der Waals surface area contributed by atoms with Crippen molar-refractivity contribution in [2.45, 2.75) is 38.9 Å². The Morgan fingerprint density at radius 2 is 1.08 bits per heavy atom. The van der Waals surface area contributed by atoms with Gasteiger partial charge in [0.15, 0.2) is 5.78 Å². The maximum Gasteiger partial charge on any atom is 0.494 e. The van der Waals surface area contributed by atoms with Crippen LogP contribution in [0, 0.1) is 0 Å². The highest BCUT2D eigenvalue weighted by atomic mass is 16.7. The van der Waals surface area contributed by atoms with Crippen LogP contribution in [0.25, 0.3) is 27.5 Å². The van der Waals surface area contributed by atoms with Crippen molar-refractivity contribution >= 4 is 40.2 Å². The minimum absolute atomic E-state index is 0.00996. The molecule has 0 spiro atoms. The van der Waals surface area contributed by atoms with Crippen LogP contribution in [-0.2, 0) is 9.31 Å². The molecule has 36 heavy (non-hydrogen) atoms. The average molecular weight is 473 g/mol. The number of benzene rings is 4. The first-order valence-electron chi connectivity index (χ1n) is 12.3. The van der Waals surface area contributed by atoms with E-state index < -0.39 is 18.3 Å². The molecule has 1 aliphatic rings. The average Bonchev–Trinajstić information content (AvgIpc) is 3.33. The predicted octanol–water partition coefficient (Wildman–Crippen LogP) is 6.31. The highest BCUT2D eigenvalue weighted by Gasteiger charge is 2.51. The van der Waals surface area contributed by atoms with Crippen molar-refractivity contribution in [1.82, 2.24) is 4.57 Å². The third-order valence-corrected chi connectivity index (χ3v) is 7.67. The summed E-state index contributed by atoms with van der Waals surface area (Å²) in [7, 11) is -0.440. The van der Waals surface area contributed by atoms with Crippen LogP contribution in [0.15, 0.2) is 97.1 Å². The number of carbonyl (C=O) groups is 1. The maximum atomic E-state index is 13.2. The van der Waals surface area contributed by atoms with Crippen LogP contribution in [0.2, 0.25) is 0 Å². The first kappa shape index (κ1) is 22.8. The van der Waals surface area contributed by atoms with Gasteiger partial charge in [0.05, 0.1) is 22.2 Å². The van der Waals surface area contributed by atoms with Crippen molar-refractivity contribution < 1.29 is 14.1 Å². The van der Waals surface area contributed by atoms with Gasteiger partial charge in [0.1, 0.15) is 0 Å². The van der Waals surface area contributed by atoms with Gasteiger partial charge in [-0.1, -0.05) is 60.7 Å². The molecule has 1 fully saturated rings. The molecule has 0 amide bonds. The van der Waals surface area contributed by atoms with Crippen LogP contribution in [0.3, 0.4) is 0 Å². The Morgan fingerprint density at radius 3 is 1.58 bits per heavy atom. The van der Waals surface area contributed by atoms with Crippen molar-refractivity contribution in [3.8, 4) is 5.69 Å². The van der Waals surface area contributed by atoms with Gasteiger partial charge in [-0.3, -0.25) is 4.79 Å². The number of para-hydroxylation sites is 2. The van der Waals surface area contributed by atoms with Crippen molar-refractivity contribution in [2.24, 2.45) is 0 Å². The van der Waals surface area contributed by atoms with E-state index in [2.05, 4.69) is 53.1 Å². The molecule has 0 radical (unpaired) electrons. The summed E-state index contributed by atoms with van der Waals surface area (Å²) in [6.45, 7) is 8.14. The fraction of sp³-hybridized carbons (Fsp3) is 0.194. The van der Waals surface area contributed by atoms with Crippen molar-refractivity contribution in [1.29, 1.82) is 0 Å². The van der Waals surface area contributed by atoms with E-state index >= 15 is 0 Å². The lowest BCUT2D eigenvalue weighted by Crippen LogP contribution is -2.41. The van der Waals surface area contributed by atoms with E-state index in [1.54, 1.807) is 0 Å². The topological polar surface area (TPSA) is 40.5 Å². The number of ketones is 1. The van der Waals surface area contributed by atoms with Crippen molar-refractivity contribution in [3.05, 3.63) is 108 Å². The second-order valence-electron chi connectivity index (χ2n) is 10.5. The van der Waals surface area contributed by atoms with E-state index in [9.17, 15) is 4.79 Å².